The van der Waals surface area contributed by atoms with E-state index >= 15 is 0 Å². The normalized spacial score (nSPS) is 22.4. The molecule has 0 bridgehead atoms. The Morgan fingerprint density at radius 3 is 2.38 bits per heavy atom. The molecular formula is C20H23N3O3. The number of amides is 1. The van der Waals surface area contributed by atoms with Gasteiger partial charge in [0.1, 0.15) is 5.66 Å². The molecule has 136 valence electrons. The molecule has 1 saturated heterocycles. The second kappa shape index (κ2) is 7.58. The van der Waals surface area contributed by atoms with E-state index in [9.17, 15) is 9.59 Å². The number of anilines is 1. The fourth-order valence-electron chi connectivity index (χ4n) is 3.24. The van der Waals surface area contributed by atoms with Crippen LogP contribution in [0.2, 0.25) is 0 Å². The molecule has 0 aromatic heterocycles. The van der Waals surface area contributed by atoms with Crippen LogP contribution >= 0.6 is 0 Å². The van der Waals surface area contributed by atoms with Crippen LogP contribution in [0.1, 0.15) is 25.3 Å². The second-order valence-corrected chi connectivity index (χ2v) is 6.71. The van der Waals surface area contributed by atoms with Crippen molar-refractivity contribution in [1.82, 2.24) is 10.3 Å². The average Bonchev–Trinajstić information content (AvgIpc) is 2.87. The van der Waals surface area contributed by atoms with Gasteiger partial charge in [0, 0.05) is 6.42 Å². The molecule has 0 saturated carbocycles. The van der Waals surface area contributed by atoms with Crippen LogP contribution < -0.4 is 10.7 Å². The van der Waals surface area contributed by atoms with Crippen molar-refractivity contribution >= 4 is 17.6 Å². The first kappa shape index (κ1) is 17.9. The summed E-state index contributed by atoms with van der Waals surface area (Å²) in [4.78, 5) is 24.1. The lowest BCUT2D eigenvalue weighted by molar-refractivity contribution is -0.139. The van der Waals surface area contributed by atoms with E-state index in [2.05, 4.69) is 10.7 Å². The Hall–Kier alpha value is -2.86. The highest BCUT2D eigenvalue weighted by Crippen LogP contribution is 2.28. The van der Waals surface area contributed by atoms with Gasteiger partial charge in [-0.25, -0.2) is 5.01 Å². The molecule has 2 aromatic rings. The van der Waals surface area contributed by atoms with Crippen LogP contribution in [0.3, 0.4) is 0 Å². The van der Waals surface area contributed by atoms with Crippen molar-refractivity contribution in [3.8, 4) is 0 Å². The Morgan fingerprint density at radius 2 is 1.77 bits per heavy atom. The minimum absolute atomic E-state index is 0.0260. The Morgan fingerprint density at radius 1 is 1.15 bits per heavy atom. The molecule has 2 atom stereocenters. The van der Waals surface area contributed by atoms with E-state index in [0.29, 0.717) is 12.8 Å². The standard InChI is InChI=1S/C20H23N3O3/c1-20(13-12-18(24)25)21-17(14-15-8-4-2-5-9-15)19(26)23(20)22-16-10-6-3-7-11-16/h2-11,17,21-22H,12-14H2,1H3,(H,24,25)/t17-,20?/m0/s1. The van der Waals surface area contributed by atoms with Crippen LogP contribution in [0.5, 0.6) is 0 Å². The third kappa shape index (κ3) is 4.03. The van der Waals surface area contributed by atoms with Crippen molar-refractivity contribution in [2.24, 2.45) is 0 Å². The number of carboxylic acids is 1. The number of carbonyl (C=O) groups excluding carboxylic acids is 1. The van der Waals surface area contributed by atoms with Crippen LogP contribution in [0.15, 0.2) is 60.7 Å². The first-order valence-electron chi connectivity index (χ1n) is 8.67. The van der Waals surface area contributed by atoms with E-state index in [1.807, 2.05) is 67.6 Å². The molecule has 1 unspecified atom stereocenters. The highest BCUT2D eigenvalue weighted by molar-refractivity contribution is 5.86. The predicted molar refractivity (Wildman–Crippen MR) is 99.3 cm³/mol. The molecule has 1 aliphatic heterocycles. The third-order valence-electron chi connectivity index (χ3n) is 4.62. The Labute approximate surface area is 152 Å². The Bertz CT molecular complexity index is 766. The molecule has 0 aliphatic carbocycles. The zero-order valence-corrected chi connectivity index (χ0v) is 14.7. The maximum Gasteiger partial charge on any atom is 0.303 e. The third-order valence-corrected chi connectivity index (χ3v) is 4.62. The summed E-state index contributed by atoms with van der Waals surface area (Å²) in [6.07, 6.45) is 0.830. The Balaban J connectivity index is 1.82. The van der Waals surface area contributed by atoms with Crippen LogP contribution in [-0.4, -0.2) is 33.7 Å². The van der Waals surface area contributed by atoms with Crippen molar-refractivity contribution < 1.29 is 14.7 Å². The van der Waals surface area contributed by atoms with Crippen molar-refractivity contribution in [3.05, 3.63) is 66.2 Å². The molecule has 3 N–H and O–H groups in total. The summed E-state index contributed by atoms with van der Waals surface area (Å²) >= 11 is 0. The molecule has 1 fully saturated rings. The molecule has 6 heteroatoms. The lowest BCUT2D eigenvalue weighted by Crippen LogP contribution is -2.52. The van der Waals surface area contributed by atoms with E-state index in [4.69, 9.17) is 5.11 Å². The first-order valence-corrected chi connectivity index (χ1v) is 8.67. The molecule has 6 nitrogen and oxygen atoms in total. The van der Waals surface area contributed by atoms with Crippen LogP contribution in [0.4, 0.5) is 5.69 Å². The second-order valence-electron chi connectivity index (χ2n) is 6.71. The molecule has 1 heterocycles. The van der Waals surface area contributed by atoms with E-state index in [-0.39, 0.29) is 12.3 Å². The van der Waals surface area contributed by atoms with Gasteiger partial charge in [0.15, 0.2) is 0 Å². The van der Waals surface area contributed by atoms with Gasteiger partial charge in [-0.05, 0) is 37.5 Å². The largest absolute Gasteiger partial charge is 0.481 e. The minimum atomic E-state index is -0.883. The van der Waals surface area contributed by atoms with Crippen molar-refractivity contribution in [3.63, 3.8) is 0 Å². The van der Waals surface area contributed by atoms with Crippen LogP contribution in [0.25, 0.3) is 0 Å². The number of hydrogen-bond donors (Lipinski definition) is 3. The number of benzene rings is 2. The van der Waals surface area contributed by atoms with Crippen LogP contribution in [-0.2, 0) is 16.0 Å². The quantitative estimate of drug-likeness (QED) is 0.713. The average molecular weight is 353 g/mol. The van der Waals surface area contributed by atoms with Gasteiger partial charge in [-0.15, -0.1) is 0 Å². The zero-order valence-electron chi connectivity index (χ0n) is 14.7. The van der Waals surface area contributed by atoms with Gasteiger partial charge in [0.2, 0.25) is 0 Å². The molecule has 0 spiro atoms. The zero-order chi connectivity index (χ0) is 18.6. The number of carbonyl (C=O) groups is 2. The van der Waals surface area contributed by atoms with Gasteiger partial charge in [0.25, 0.3) is 5.91 Å². The number of nitrogens with zero attached hydrogens (tertiary/aromatic N) is 1. The van der Waals surface area contributed by atoms with E-state index in [0.717, 1.165) is 11.3 Å². The van der Waals surface area contributed by atoms with Gasteiger partial charge >= 0.3 is 5.97 Å². The summed E-state index contributed by atoms with van der Waals surface area (Å²) in [5.41, 5.74) is 4.20. The van der Waals surface area contributed by atoms with Gasteiger partial charge in [-0.1, -0.05) is 48.5 Å². The summed E-state index contributed by atoms with van der Waals surface area (Å²) in [5.74, 6) is -0.975. The number of aliphatic carboxylic acids is 1. The van der Waals surface area contributed by atoms with E-state index in [1.165, 1.54) is 0 Å². The molecule has 3 rings (SSSR count). The van der Waals surface area contributed by atoms with Crippen molar-refractivity contribution in [1.29, 1.82) is 0 Å². The summed E-state index contributed by atoms with van der Waals surface area (Å²) in [6, 6.07) is 18.8. The van der Waals surface area contributed by atoms with Gasteiger partial charge in [-0.3, -0.25) is 20.3 Å². The fourth-order valence-corrected chi connectivity index (χ4v) is 3.24. The van der Waals surface area contributed by atoms with Crippen molar-refractivity contribution in [2.75, 3.05) is 5.43 Å². The lowest BCUT2D eigenvalue weighted by atomic mass is 10.0. The number of rotatable bonds is 7. The number of para-hydroxylation sites is 1. The van der Waals surface area contributed by atoms with Gasteiger partial charge < -0.3 is 5.11 Å². The highest BCUT2D eigenvalue weighted by atomic mass is 16.4. The number of nitrogens with one attached hydrogen (secondary N) is 2. The number of hydrazine groups is 1. The molecule has 1 amide bonds. The molecular weight excluding hydrogens is 330 g/mol. The summed E-state index contributed by atoms with van der Waals surface area (Å²) in [7, 11) is 0. The summed E-state index contributed by atoms with van der Waals surface area (Å²) in [5, 5.41) is 14.0. The Kier molecular flexibility index (Phi) is 5.23. The molecule has 0 radical (unpaired) electrons. The van der Waals surface area contributed by atoms with Crippen LogP contribution in [0, 0.1) is 0 Å². The monoisotopic (exact) mass is 353 g/mol. The van der Waals surface area contributed by atoms with E-state index < -0.39 is 17.7 Å². The molecule has 2 aromatic carbocycles. The minimum Gasteiger partial charge on any atom is -0.481 e. The maximum absolute atomic E-state index is 13.0. The lowest BCUT2D eigenvalue weighted by Gasteiger charge is -2.35. The topological polar surface area (TPSA) is 81.7 Å². The number of carboxylic acid groups (broad SMARTS) is 1. The summed E-state index contributed by atoms with van der Waals surface area (Å²) in [6.45, 7) is 1.86. The summed E-state index contributed by atoms with van der Waals surface area (Å²) < 4.78 is 0. The SMILES string of the molecule is CC1(CCC(=O)O)N[C@@H](Cc2ccccc2)C(=O)N1Nc1ccccc1. The number of hydrogen-bond acceptors (Lipinski definition) is 4. The fraction of sp³-hybridized carbons (Fsp3) is 0.300. The highest BCUT2D eigenvalue weighted by Gasteiger charge is 2.47. The maximum atomic E-state index is 13.0. The van der Waals surface area contributed by atoms with Crippen molar-refractivity contribution in [2.45, 2.75) is 37.9 Å². The predicted octanol–water partition coefficient (Wildman–Crippen LogP) is 2.64. The smallest absolute Gasteiger partial charge is 0.303 e. The molecule has 1 aliphatic rings. The van der Waals surface area contributed by atoms with Gasteiger partial charge in [0.05, 0.1) is 11.7 Å². The van der Waals surface area contributed by atoms with E-state index in [1.54, 1.807) is 5.01 Å². The molecule has 26 heavy (non-hydrogen) atoms. The van der Waals surface area contributed by atoms with Gasteiger partial charge in [-0.2, -0.15) is 0 Å². The first-order chi connectivity index (χ1) is 12.5.